The molecular formula is C21H26N6O3. The topological polar surface area (TPSA) is 83.9 Å². The van der Waals surface area contributed by atoms with Gasteiger partial charge >= 0.3 is 6.03 Å². The second-order valence-electron chi connectivity index (χ2n) is 7.69. The minimum atomic E-state index is 0.0770. The van der Waals surface area contributed by atoms with Gasteiger partial charge in [-0.2, -0.15) is 0 Å². The number of nitrogens with zero attached hydrogens (tertiary/aromatic N) is 6. The zero-order valence-corrected chi connectivity index (χ0v) is 17.0. The van der Waals surface area contributed by atoms with Crippen LogP contribution in [0.5, 0.6) is 0 Å². The molecule has 2 aromatic heterocycles. The van der Waals surface area contributed by atoms with Crippen molar-refractivity contribution in [3.05, 3.63) is 35.8 Å². The van der Waals surface area contributed by atoms with Gasteiger partial charge in [-0.25, -0.2) is 14.8 Å². The van der Waals surface area contributed by atoms with Gasteiger partial charge < -0.3 is 24.2 Å². The van der Waals surface area contributed by atoms with E-state index in [-0.39, 0.29) is 6.03 Å². The van der Waals surface area contributed by atoms with Gasteiger partial charge in [0.2, 0.25) is 0 Å². The largest absolute Gasteiger partial charge is 0.378 e. The summed E-state index contributed by atoms with van der Waals surface area (Å²) in [6.07, 6.45) is 4.26. The lowest BCUT2D eigenvalue weighted by Gasteiger charge is -2.37. The third kappa shape index (κ3) is 3.82. The molecule has 0 radical (unpaired) electrons. The zero-order valence-electron chi connectivity index (χ0n) is 17.0. The zero-order chi connectivity index (χ0) is 20.3. The van der Waals surface area contributed by atoms with Gasteiger partial charge in [0.05, 0.1) is 38.7 Å². The van der Waals surface area contributed by atoms with Crippen LogP contribution in [-0.4, -0.2) is 89.9 Å². The molecule has 0 saturated carbocycles. The van der Waals surface area contributed by atoms with E-state index < -0.39 is 0 Å². The molecule has 2 amide bonds. The molecule has 30 heavy (non-hydrogen) atoms. The fourth-order valence-electron chi connectivity index (χ4n) is 4.18. The van der Waals surface area contributed by atoms with Crippen molar-refractivity contribution in [1.82, 2.24) is 24.8 Å². The lowest BCUT2D eigenvalue weighted by Crippen LogP contribution is -2.50. The van der Waals surface area contributed by atoms with Crippen LogP contribution in [0.2, 0.25) is 0 Å². The van der Waals surface area contributed by atoms with Crippen LogP contribution in [0.1, 0.15) is 11.3 Å². The molecule has 0 aliphatic carbocycles. The van der Waals surface area contributed by atoms with Crippen LogP contribution in [0.3, 0.4) is 0 Å². The lowest BCUT2D eigenvalue weighted by molar-refractivity contribution is 0.0421. The summed E-state index contributed by atoms with van der Waals surface area (Å²) in [5.41, 5.74) is 2.98. The Morgan fingerprint density at radius 2 is 1.70 bits per heavy atom. The summed E-state index contributed by atoms with van der Waals surface area (Å²) in [4.78, 5) is 33.1. The normalized spacial score (nSPS) is 19.5. The van der Waals surface area contributed by atoms with E-state index in [0.29, 0.717) is 58.4 Å². The number of anilines is 1. The Hall–Kier alpha value is -2.78. The van der Waals surface area contributed by atoms with Gasteiger partial charge in [-0.1, -0.05) is 0 Å². The van der Waals surface area contributed by atoms with E-state index in [9.17, 15) is 4.79 Å². The summed E-state index contributed by atoms with van der Waals surface area (Å²) < 4.78 is 10.9. The van der Waals surface area contributed by atoms with Gasteiger partial charge in [0.15, 0.2) is 5.82 Å². The maximum Gasteiger partial charge on any atom is 0.320 e. The van der Waals surface area contributed by atoms with E-state index in [1.807, 2.05) is 21.9 Å². The number of hydrogen-bond acceptors (Lipinski definition) is 7. The fraction of sp³-hybridized carbons (Fsp3) is 0.524. The molecular weight excluding hydrogens is 384 g/mol. The molecule has 5 heterocycles. The number of carbonyl (C=O) groups excluding carboxylic acids is 1. The molecule has 9 nitrogen and oxygen atoms in total. The number of aromatic nitrogens is 3. The standard InChI is InChI=1S/C21H26N6O3/c28-21(26-8-12-30-13-9-26)27-5-3-18-17(15-27)20(25-6-10-29-11-7-25)24-19(23-18)16-2-1-4-22-14-16/h1-2,4,14H,3,5-13,15H2. The molecule has 3 aliphatic rings. The molecule has 0 N–H and O–H groups in total. The first-order valence-corrected chi connectivity index (χ1v) is 10.5. The molecule has 158 valence electrons. The molecule has 2 fully saturated rings. The Labute approximate surface area is 175 Å². The van der Waals surface area contributed by atoms with Gasteiger partial charge in [-0.05, 0) is 12.1 Å². The predicted octanol–water partition coefficient (Wildman–Crippen LogP) is 1.19. The van der Waals surface area contributed by atoms with Crippen molar-refractivity contribution in [1.29, 1.82) is 0 Å². The predicted molar refractivity (Wildman–Crippen MR) is 110 cm³/mol. The van der Waals surface area contributed by atoms with Crippen LogP contribution in [0.15, 0.2) is 24.5 Å². The number of morpholine rings is 2. The van der Waals surface area contributed by atoms with E-state index in [1.54, 1.807) is 12.4 Å². The molecule has 5 rings (SSSR count). The third-order valence-corrected chi connectivity index (χ3v) is 5.82. The van der Waals surface area contributed by atoms with E-state index in [1.165, 1.54) is 0 Å². The van der Waals surface area contributed by atoms with Crippen LogP contribution >= 0.6 is 0 Å². The third-order valence-electron chi connectivity index (χ3n) is 5.82. The molecule has 2 aromatic rings. The molecule has 0 aromatic carbocycles. The van der Waals surface area contributed by atoms with Crippen molar-refractivity contribution in [2.45, 2.75) is 13.0 Å². The van der Waals surface area contributed by atoms with Gasteiger partial charge in [-0.3, -0.25) is 4.98 Å². The molecule has 0 atom stereocenters. The Bertz CT molecular complexity index is 897. The van der Waals surface area contributed by atoms with E-state index in [4.69, 9.17) is 19.4 Å². The molecule has 0 bridgehead atoms. The molecule has 0 spiro atoms. The number of rotatable bonds is 2. The van der Waals surface area contributed by atoms with Crippen LogP contribution in [0, 0.1) is 0 Å². The summed E-state index contributed by atoms with van der Waals surface area (Å²) in [5, 5.41) is 0. The number of pyridine rings is 1. The number of carbonyl (C=O) groups is 1. The van der Waals surface area contributed by atoms with Gasteiger partial charge in [-0.15, -0.1) is 0 Å². The van der Waals surface area contributed by atoms with Crippen molar-refractivity contribution in [2.75, 3.05) is 64.1 Å². The van der Waals surface area contributed by atoms with Gasteiger partial charge in [0.25, 0.3) is 0 Å². The van der Waals surface area contributed by atoms with Crippen molar-refractivity contribution in [2.24, 2.45) is 0 Å². The fourth-order valence-corrected chi connectivity index (χ4v) is 4.18. The van der Waals surface area contributed by atoms with Crippen molar-refractivity contribution < 1.29 is 14.3 Å². The molecule has 2 saturated heterocycles. The van der Waals surface area contributed by atoms with Crippen LogP contribution in [-0.2, 0) is 22.4 Å². The minimum Gasteiger partial charge on any atom is -0.378 e. The number of fused-ring (bicyclic) bond motifs is 1. The maximum atomic E-state index is 13.1. The number of urea groups is 1. The van der Waals surface area contributed by atoms with Crippen LogP contribution < -0.4 is 4.90 Å². The van der Waals surface area contributed by atoms with Crippen molar-refractivity contribution in [3.63, 3.8) is 0 Å². The average molecular weight is 410 g/mol. The lowest BCUT2D eigenvalue weighted by atomic mass is 10.0. The quantitative estimate of drug-likeness (QED) is 0.735. The highest BCUT2D eigenvalue weighted by Gasteiger charge is 2.31. The highest BCUT2D eigenvalue weighted by Crippen LogP contribution is 2.30. The van der Waals surface area contributed by atoms with Crippen molar-refractivity contribution >= 4 is 11.8 Å². The summed E-state index contributed by atoms with van der Waals surface area (Å²) in [7, 11) is 0. The van der Waals surface area contributed by atoms with E-state index in [0.717, 1.165) is 42.1 Å². The Morgan fingerprint density at radius 3 is 2.43 bits per heavy atom. The monoisotopic (exact) mass is 410 g/mol. The first-order chi connectivity index (χ1) is 14.8. The smallest absolute Gasteiger partial charge is 0.320 e. The maximum absolute atomic E-state index is 13.1. The number of ether oxygens (including phenoxy) is 2. The summed E-state index contributed by atoms with van der Waals surface area (Å²) in [6.45, 7) is 6.62. The Morgan fingerprint density at radius 1 is 0.933 bits per heavy atom. The number of amides is 2. The first kappa shape index (κ1) is 19.2. The molecule has 3 aliphatic heterocycles. The first-order valence-electron chi connectivity index (χ1n) is 10.5. The highest BCUT2D eigenvalue weighted by atomic mass is 16.5. The summed E-state index contributed by atoms with van der Waals surface area (Å²) >= 11 is 0. The molecule has 0 unspecified atom stereocenters. The SMILES string of the molecule is O=C(N1CCOCC1)N1CCc2nc(-c3cccnc3)nc(N3CCOCC3)c2C1. The average Bonchev–Trinajstić information content (AvgIpc) is 2.84. The Kier molecular flexibility index (Phi) is 5.46. The van der Waals surface area contributed by atoms with E-state index >= 15 is 0 Å². The van der Waals surface area contributed by atoms with Crippen molar-refractivity contribution in [3.8, 4) is 11.4 Å². The molecule has 9 heteroatoms. The Balaban J connectivity index is 1.48. The van der Waals surface area contributed by atoms with Crippen LogP contribution in [0.4, 0.5) is 10.6 Å². The second kappa shape index (κ2) is 8.53. The highest BCUT2D eigenvalue weighted by molar-refractivity contribution is 5.75. The minimum absolute atomic E-state index is 0.0770. The van der Waals surface area contributed by atoms with E-state index in [2.05, 4.69) is 9.88 Å². The van der Waals surface area contributed by atoms with Gasteiger partial charge in [0, 0.05) is 62.7 Å². The summed E-state index contributed by atoms with van der Waals surface area (Å²) in [6, 6.07) is 3.96. The van der Waals surface area contributed by atoms with Crippen LogP contribution in [0.25, 0.3) is 11.4 Å². The number of hydrogen-bond donors (Lipinski definition) is 0. The second-order valence-corrected chi connectivity index (χ2v) is 7.69. The van der Waals surface area contributed by atoms with Gasteiger partial charge in [0.1, 0.15) is 5.82 Å². The summed E-state index contributed by atoms with van der Waals surface area (Å²) in [5.74, 6) is 1.61.